The quantitative estimate of drug-likeness (QED) is 0.824. The molecule has 0 fully saturated rings. The van der Waals surface area contributed by atoms with Gasteiger partial charge in [0.25, 0.3) is 0 Å². The number of carboxylic acid groups (broad SMARTS) is 1. The van der Waals surface area contributed by atoms with E-state index in [1.54, 1.807) is 12.1 Å². The van der Waals surface area contributed by atoms with E-state index in [0.29, 0.717) is 6.54 Å². The molecule has 1 aromatic rings. The average molecular weight is 223 g/mol. The largest absolute Gasteiger partial charge is 0.478 e. The Bertz CT molecular complexity index is 361. The highest BCUT2D eigenvalue weighted by Crippen LogP contribution is 2.04. The molecule has 0 atom stereocenters. The Labute approximate surface area is 95.3 Å². The maximum atomic E-state index is 10.6. The lowest BCUT2D eigenvalue weighted by Gasteiger charge is -2.02. The minimum Gasteiger partial charge on any atom is -0.478 e. The first kappa shape index (κ1) is 14.2. The van der Waals surface area contributed by atoms with Gasteiger partial charge in [-0.2, -0.15) is 0 Å². The summed E-state index contributed by atoms with van der Waals surface area (Å²) in [7, 11) is 0. The molecule has 0 aliphatic rings. The molecule has 0 unspecified atom stereocenters. The molecule has 0 aliphatic carbocycles. The maximum Gasteiger partial charge on any atom is 0.335 e. The highest BCUT2D eigenvalue weighted by atomic mass is 16.4. The number of carboxylic acids is 1. The number of carbonyl (C=O) groups excluding carboxylic acids is 1. The van der Waals surface area contributed by atoms with Gasteiger partial charge in [-0.15, -0.1) is 0 Å². The van der Waals surface area contributed by atoms with Crippen molar-refractivity contribution in [3.63, 3.8) is 0 Å². The van der Waals surface area contributed by atoms with E-state index in [1.807, 2.05) is 13.8 Å². The summed E-state index contributed by atoms with van der Waals surface area (Å²) in [5.41, 5.74) is 1.01. The zero-order chi connectivity index (χ0) is 12.6. The second-order valence-electron chi connectivity index (χ2n) is 2.92. The first-order valence-electron chi connectivity index (χ1n) is 5.16. The van der Waals surface area contributed by atoms with Gasteiger partial charge in [0.1, 0.15) is 0 Å². The third kappa shape index (κ3) is 5.14. The van der Waals surface area contributed by atoms with Crippen LogP contribution in [0, 0.1) is 0 Å². The third-order valence-electron chi connectivity index (χ3n) is 1.72. The molecule has 1 amide bonds. The highest BCUT2D eigenvalue weighted by molar-refractivity contribution is 5.87. The summed E-state index contributed by atoms with van der Waals surface area (Å²) >= 11 is 0. The molecular formula is C12H17NO3. The topological polar surface area (TPSA) is 66.4 Å². The fraction of sp³-hybridized carbons (Fsp3) is 0.333. The highest BCUT2D eigenvalue weighted by Gasteiger charge is 2.02. The summed E-state index contributed by atoms with van der Waals surface area (Å²) in [5.74, 6) is -1.10. The van der Waals surface area contributed by atoms with Crippen molar-refractivity contribution in [2.75, 3.05) is 0 Å². The molecule has 4 heteroatoms. The molecule has 1 aromatic carbocycles. The Kier molecular flexibility index (Phi) is 6.59. The lowest BCUT2D eigenvalue weighted by atomic mass is 10.1. The second kappa shape index (κ2) is 7.45. The number of hydrogen-bond acceptors (Lipinski definition) is 2. The summed E-state index contributed by atoms with van der Waals surface area (Å²) in [5, 5.41) is 11.3. The summed E-state index contributed by atoms with van der Waals surface area (Å²) in [4.78, 5) is 21.2. The van der Waals surface area contributed by atoms with E-state index < -0.39 is 5.97 Å². The normalized spacial score (nSPS) is 8.69. The summed E-state index contributed by atoms with van der Waals surface area (Å²) in [6, 6.07) is 6.47. The molecule has 0 saturated heterocycles. The minimum absolute atomic E-state index is 0.134. The molecule has 0 saturated carbocycles. The van der Waals surface area contributed by atoms with Crippen molar-refractivity contribution in [1.82, 2.24) is 5.32 Å². The van der Waals surface area contributed by atoms with Crippen LogP contribution in [0.1, 0.15) is 36.7 Å². The molecule has 0 bridgehead atoms. The van der Waals surface area contributed by atoms with Crippen LogP contribution in [0.4, 0.5) is 0 Å². The van der Waals surface area contributed by atoms with E-state index in [2.05, 4.69) is 5.32 Å². The standard InChI is InChI=1S/C10H11NO3.C2H6/c1-7(12)11-6-8-3-2-4-9(5-8)10(13)14;1-2/h2-5H,6H2,1H3,(H,11,12)(H,13,14);1-2H3. The van der Waals surface area contributed by atoms with Crippen LogP contribution in [0.2, 0.25) is 0 Å². The Hall–Kier alpha value is -1.84. The minimum atomic E-state index is -0.963. The van der Waals surface area contributed by atoms with E-state index in [1.165, 1.54) is 19.1 Å². The van der Waals surface area contributed by atoms with Gasteiger partial charge in [0.05, 0.1) is 5.56 Å². The number of nitrogens with one attached hydrogen (secondary N) is 1. The molecule has 88 valence electrons. The van der Waals surface area contributed by atoms with Gasteiger partial charge in [0.2, 0.25) is 5.91 Å². The first-order valence-corrected chi connectivity index (χ1v) is 5.16. The molecule has 1 rings (SSSR count). The maximum absolute atomic E-state index is 10.6. The van der Waals surface area contributed by atoms with Crippen molar-refractivity contribution in [2.24, 2.45) is 0 Å². The van der Waals surface area contributed by atoms with E-state index >= 15 is 0 Å². The van der Waals surface area contributed by atoms with Crippen LogP contribution in [0.3, 0.4) is 0 Å². The first-order chi connectivity index (χ1) is 7.59. The lowest BCUT2D eigenvalue weighted by Crippen LogP contribution is -2.19. The van der Waals surface area contributed by atoms with Crippen molar-refractivity contribution < 1.29 is 14.7 Å². The molecule has 0 heterocycles. The predicted molar refractivity (Wildman–Crippen MR) is 62.3 cm³/mol. The third-order valence-corrected chi connectivity index (χ3v) is 1.72. The number of carbonyl (C=O) groups is 2. The van der Waals surface area contributed by atoms with E-state index in [9.17, 15) is 9.59 Å². The molecule has 0 spiro atoms. The summed E-state index contributed by atoms with van der Waals surface area (Å²) in [6.07, 6.45) is 0. The molecule has 4 nitrogen and oxygen atoms in total. The zero-order valence-corrected chi connectivity index (χ0v) is 9.78. The van der Waals surface area contributed by atoms with Gasteiger partial charge in [0.15, 0.2) is 0 Å². The summed E-state index contributed by atoms with van der Waals surface area (Å²) in [6.45, 7) is 5.78. The molecule has 0 aromatic heterocycles. The Morgan fingerprint density at radius 3 is 2.44 bits per heavy atom. The molecule has 16 heavy (non-hydrogen) atoms. The Morgan fingerprint density at radius 1 is 1.31 bits per heavy atom. The van der Waals surface area contributed by atoms with Gasteiger partial charge in [-0.3, -0.25) is 4.79 Å². The van der Waals surface area contributed by atoms with Crippen LogP contribution in [0.5, 0.6) is 0 Å². The van der Waals surface area contributed by atoms with Crippen molar-refractivity contribution >= 4 is 11.9 Å². The van der Waals surface area contributed by atoms with E-state index in [4.69, 9.17) is 5.11 Å². The SMILES string of the molecule is CC.CC(=O)NCc1cccc(C(=O)O)c1. The van der Waals surface area contributed by atoms with Gasteiger partial charge in [-0.05, 0) is 17.7 Å². The predicted octanol–water partition coefficient (Wildman–Crippen LogP) is 2.05. The van der Waals surface area contributed by atoms with Gasteiger partial charge < -0.3 is 10.4 Å². The fourth-order valence-corrected chi connectivity index (χ4v) is 1.04. The summed E-state index contributed by atoms with van der Waals surface area (Å²) < 4.78 is 0. The monoisotopic (exact) mass is 223 g/mol. The van der Waals surface area contributed by atoms with Gasteiger partial charge in [0, 0.05) is 13.5 Å². The lowest BCUT2D eigenvalue weighted by molar-refractivity contribution is -0.119. The fourth-order valence-electron chi connectivity index (χ4n) is 1.04. The molecular weight excluding hydrogens is 206 g/mol. The van der Waals surface area contributed by atoms with Crippen molar-refractivity contribution in [3.8, 4) is 0 Å². The van der Waals surface area contributed by atoms with Gasteiger partial charge in [-0.1, -0.05) is 26.0 Å². The van der Waals surface area contributed by atoms with Crippen LogP contribution in [-0.2, 0) is 11.3 Å². The second-order valence-corrected chi connectivity index (χ2v) is 2.92. The number of rotatable bonds is 3. The molecule has 0 aliphatic heterocycles. The molecule has 2 N–H and O–H groups in total. The van der Waals surface area contributed by atoms with Crippen LogP contribution in [0.15, 0.2) is 24.3 Å². The van der Waals surface area contributed by atoms with Crippen molar-refractivity contribution in [1.29, 1.82) is 0 Å². The van der Waals surface area contributed by atoms with Crippen molar-refractivity contribution in [2.45, 2.75) is 27.3 Å². The number of benzene rings is 1. The number of amides is 1. The smallest absolute Gasteiger partial charge is 0.335 e. The van der Waals surface area contributed by atoms with Crippen LogP contribution in [0.25, 0.3) is 0 Å². The number of hydrogen-bond donors (Lipinski definition) is 2. The molecule has 0 radical (unpaired) electrons. The van der Waals surface area contributed by atoms with E-state index in [0.717, 1.165) is 5.56 Å². The van der Waals surface area contributed by atoms with Crippen LogP contribution in [-0.4, -0.2) is 17.0 Å². The van der Waals surface area contributed by atoms with E-state index in [-0.39, 0.29) is 11.5 Å². The average Bonchev–Trinajstić information content (AvgIpc) is 2.29. The Balaban J connectivity index is 0.00000106. The Morgan fingerprint density at radius 2 is 1.94 bits per heavy atom. The number of aromatic carboxylic acids is 1. The van der Waals surface area contributed by atoms with Gasteiger partial charge >= 0.3 is 5.97 Å². The van der Waals surface area contributed by atoms with Crippen LogP contribution >= 0.6 is 0 Å². The zero-order valence-electron chi connectivity index (χ0n) is 9.78. The van der Waals surface area contributed by atoms with Gasteiger partial charge in [-0.25, -0.2) is 4.79 Å². The van der Waals surface area contributed by atoms with Crippen LogP contribution < -0.4 is 5.32 Å². The van der Waals surface area contributed by atoms with Crippen molar-refractivity contribution in [3.05, 3.63) is 35.4 Å².